The van der Waals surface area contributed by atoms with E-state index >= 15 is 0 Å². The minimum atomic E-state index is -0.0428. The van der Waals surface area contributed by atoms with Gasteiger partial charge in [0.1, 0.15) is 0 Å². The number of nitrogens with one attached hydrogen (secondary N) is 1. The second-order valence-electron chi connectivity index (χ2n) is 7.25. The molecule has 3 aromatic rings. The van der Waals surface area contributed by atoms with Gasteiger partial charge in [0.15, 0.2) is 5.82 Å². The van der Waals surface area contributed by atoms with Gasteiger partial charge in [0.05, 0.1) is 23.7 Å². The predicted molar refractivity (Wildman–Crippen MR) is 118 cm³/mol. The monoisotopic (exact) mass is 423 g/mol. The Hall–Kier alpha value is -3.00. The lowest BCUT2D eigenvalue weighted by Crippen LogP contribution is -2.43. The minimum Gasteiger partial charge on any atom is -0.480 e. The summed E-state index contributed by atoms with van der Waals surface area (Å²) in [5, 5.41) is 14.4. The Morgan fingerprint density at radius 2 is 2.10 bits per heavy atom. The lowest BCUT2D eigenvalue weighted by Gasteiger charge is -2.32. The number of amides is 1. The van der Waals surface area contributed by atoms with Gasteiger partial charge in [-0.3, -0.25) is 4.79 Å². The van der Waals surface area contributed by atoms with Gasteiger partial charge in [0.2, 0.25) is 11.8 Å². The average molecular weight is 424 g/mol. The molecule has 30 heavy (non-hydrogen) atoms. The van der Waals surface area contributed by atoms with Crippen LogP contribution in [0.5, 0.6) is 5.88 Å². The van der Waals surface area contributed by atoms with Crippen molar-refractivity contribution in [3.63, 3.8) is 0 Å². The molecule has 8 heteroatoms. The molecule has 156 valence electrons. The third-order valence-electron chi connectivity index (χ3n) is 5.21. The average Bonchev–Trinajstić information content (AvgIpc) is 3.29. The van der Waals surface area contributed by atoms with Gasteiger partial charge in [-0.2, -0.15) is 0 Å². The summed E-state index contributed by atoms with van der Waals surface area (Å²) in [6.45, 7) is 2.13. The van der Waals surface area contributed by atoms with Gasteiger partial charge in [0, 0.05) is 43.1 Å². The number of hydrogen-bond donors (Lipinski definition) is 1. The van der Waals surface area contributed by atoms with Crippen molar-refractivity contribution in [3.8, 4) is 17.1 Å². The van der Waals surface area contributed by atoms with E-state index in [4.69, 9.17) is 4.74 Å². The fourth-order valence-corrected chi connectivity index (χ4v) is 4.40. The van der Waals surface area contributed by atoms with Crippen LogP contribution in [0.4, 0.5) is 5.82 Å². The molecule has 1 N–H and O–H groups in total. The molecular weight excluding hydrogens is 398 g/mol. The number of benzene rings is 1. The highest BCUT2D eigenvalue weighted by Crippen LogP contribution is 2.23. The molecule has 1 aliphatic heterocycles. The van der Waals surface area contributed by atoms with Gasteiger partial charge >= 0.3 is 0 Å². The maximum Gasteiger partial charge on any atom is 0.233 e. The zero-order chi connectivity index (χ0) is 20.8. The Kier molecular flexibility index (Phi) is 6.53. The van der Waals surface area contributed by atoms with E-state index in [-0.39, 0.29) is 11.8 Å². The molecule has 0 aliphatic carbocycles. The first-order valence-electron chi connectivity index (χ1n) is 10.1. The first kappa shape index (κ1) is 20.3. The summed E-state index contributed by atoms with van der Waals surface area (Å²) in [6.07, 6.45) is 2.59. The second kappa shape index (κ2) is 9.67. The maximum absolute atomic E-state index is 12.7. The summed E-state index contributed by atoms with van der Waals surface area (Å²) in [5.41, 5.74) is 2.11. The van der Waals surface area contributed by atoms with Crippen LogP contribution in [-0.2, 0) is 11.2 Å². The molecule has 0 saturated carbocycles. The molecule has 0 bridgehead atoms. The highest BCUT2D eigenvalue weighted by atomic mass is 32.1. The Morgan fingerprint density at radius 1 is 1.23 bits per heavy atom. The summed E-state index contributed by atoms with van der Waals surface area (Å²) < 4.78 is 5.06. The summed E-state index contributed by atoms with van der Waals surface area (Å²) in [5.74, 6) is 1.33. The Labute approximate surface area is 180 Å². The topological polar surface area (TPSA) is 80.2 Å². The van der Waals surface area contributed by atoms with E-state index in [9.17, 15) is 4.79 Å². The zero-order valence-electron chi connectivity index (χ0n) is 17.0. The zero-order valence-corrected chi connectivity index (χ0v) is 17.8. The summed E-state index contributed by atoms with van der Waals surface area (Å²) in [7, 11) is 1.57. The predicted octanol–water partition coefficient (Wildman–Crippen LogP) is 3.18. The smallest absolute Gasteiger partial charge is 0.233 e. The summed E-state index contributed by atoms with van der Waals surface area (Å²) in [6, 6.07) is 13.8. The standard InChI is InChI=1S/C22H25N5O2S/c1-29-20-10-9-19(25-26-20)27-13-5-8-17(14-27)22(28)23-12-11-21-24-18(15-30-21)16-6-3-2-4-7-16/h2-4,6-7,9-10,15,17H,5,8,11-14H2,1H3,(H,23,28). The van der Waals surface area contributed by atoms with E-state index in [1.165, 1.54) is 0 Å². The van der Waals surface area contributed by atoms with Crippen LogP contribution in [0.2, 0.25) is 0 Å². The number of hydrogen-bond acceptors (Lipinski definition) is 7. The van der Waals surface area contributed by atoms with Crippen molar-refractivity contribution in [1.82, 2.24) is 20.5 Å². The molecule has 1 aromatic carbocycles. The van der Waals surface area contributed by atoms with E-state index in [0.717, 1.165) is 47.9 Å². The summed E-state index contributed by atoms with van der Waals surface area (Å²) in [4.78, 5) is 19.5. The molecule has 1 fully saturated rings. The number of carbonyl (C=O) groups is 1. The number of ether oxygens (including phenoxy) is 1. The Morgan fingerprint density at radius 3 is 2.87 bits per heavy atom. The highest BCUT2D eigenvalue weighted by Gasteiger charge is 2.26. The fraction of sp³-hybridized carbons (Fsp3) is 0.364. The fourth-order valence-electron chi connectivity index (χ4n) is 3.59. The van der Waals surface area contributed by atoms with Gasteiger partial charge in [-0.15, -0.1) is 21.5 Å². The molecule has 1 atom stereocenters. The summed E-state index contributed by atoms with van der Waals surface area (Å²) >= 11 is 1.64. The van der Waals surface area contributed by atoms with Crippen LogP contribution in [0.1, 0.15) is 17.8 Å². The third-order valence-corrected chi connectivity index (χ3v) is 6.12. The van der Waals surface area contributed by atoms with Crippen LogP contribution in [0.15, 0.2) is 47.8 Å². The van der Waals surface area contributed by atoms with E-state index in [1.807, 2.05) is 24.3 Å². The SMILES string of the molecule is COc1ccc(N2CCCC(C(=O)NCCc3nc(-c4ccccc4)cs3)C2)nn1. The number of anilines is 1. The molecule has 7 nitrogen and oxygen atoms in total. The third kappa shape index (κ3) is 4.94. The Bertz CT molecular complexity index is 961. The van der Waals surface area contributed by atoms with Crippen LogP contribution in [0.3, 0.4) is 0 Å². The van der Waals surface area contributed by atoms with Crippen molar-refractivity contribution < 1.29 is 9.53 Å². The number of nitrogens with zero attached hydrogens (tertiary/aromatic N) is 4. The van der Waals surface area contributed by atoms with Crippen molar-refractivity contribution >= 4 is 23.1 Å². The van der Waals surface area contributed by atoms with Crippen LogP contribution < -0.4 is 15.0 Å². The van der Waals surface area contributed by atoms with Crippen molar-refractivity contribution in [2.45, 2.75) is 19.3 Å². The van der Waals surface area contributed by atoms with Gasteiger partial charge in [-0.05, 0) is 18.9 Å². The van der Waals surface area contributed by atoms with Crippen LogP contribution in [0, 0.1) is 5.92 Å². The number of carbonyl (C=O) groups excluding carboxylic acids is 1. The van der Waals surface area contributed by atoms with Gasteiger partial charge < -0.3 is 15.0 Å². The highest BCUT2D eigenvalue weighted by molar-refractivity contribution is 7.09. The molecular formula is C22H25N5O2S. The Balaban J connectivity index is 1.27. The second-order valence-corrected chi connectivity index (χ2v) is 8.20. The van der Waals surface area contributed by atoms with Crippen LogP contribution in [0.25, 0.3) is 11.3 Å². The normalized spacial score (nSPS) is 16.3. The number of thiazole rings is 1. The first-order valence-corrected chi connectivity index (χ1v) is 11.0. The molecule has 1 saturated heterocycles. The molecule has 0 spiro atoms. The lowest BCUT2D eigenvalue weighted by atomic mass is 9.97. The molecule has 1 amide bonds. The maximum atomic E-state index is 12.7. The van der Waals surface area contributed by atoms with E-state index in [2.05, 4.69) is 42.9 Å². The van der Waals surface area contributed by atoms with E-state index < -0.39 is 0 Å². The van der Waals surface area contributed by atoms with E-state index in [1.54, 1.807) is 24.5 Å². The minimum absolute atomic E-state index is 0.0428. The van der Waals surface area contributed by atoms with Gasteiger partial charge in [-0.1, -0.05) is 30.3 Å². The number of piperidine rings is 1. The molecule has 1 aliphatic rings. The van der Waals surface area contributed by atoms with Gasteiger partial charge in [0.25, 0.3) is 0 Å². The van der Waals surface area contributed by atoms with E-state index in [0.29, 0.717) is 19.0 Å². The van der Waals surface area contributed by atoms with Crippen molar-refractivity contribution in [2.24, 2.45) is 5.92 Å². The first-order chi connectivity index (χ1) is 14.7. The largest absolute Gasteiger partial charge is 0.480 e. The molecule has 2 aromatic heterocycles. The number of rotatable bonds is 7. The molecule has 4 rings (SSSR count). The van der Waals surface area contributed by atoms with Crippen LogP contribution >= 0.6 is 11.3 Å². The molecule has 1 unspecified atom stereocenters. The van der Waals surface area contributed by atoms with Crippen molar-refractivity contribution in [1.29, 1.82) is 0 Å². The number of aromatic nitrogens is 3. The van der Waals surface area contributed by atoms with Gasteiger partial charge in [-0.25, -0.2) is 4.98 Å². The molecule has 0 radical (unpaired) electrons. The molecule has 3 heterocycles. The van der Waals surface area contributed by atoms with Crippen LogP contribution in [-0.4, -0.2) is 47.8 Å². The van der Waals surface area contributed by atoms with Crippen molar-refractivity contribution in [2.75, 3.05) is 31.6 Å². The quantitative estimate of drug-likeness (QED) is 0.629. The number of methoxy groups -OCH3 is 1. The lowest BCUT2D eigenvalue weighted by molar-refractivity contribution is -0.125. The van der Waals surface area contributed by atoms with Crippen molar-refractivity contribution in [3.05, 3.63) is 52.9 Å².